The van der Waals surface area contributed by atoms with Gasteiger partial charge in [0.2, 0.25) is 5.91 Å². The average molecular weight is 447 g/mol. The van der Waals surface area contributed by atoms with Crippen molar-refractivity contribution in [2.75, 3.05) is 25.0 Å². The van der Waals surface area contributed by atoms with Gasteiger partial charge >= 0.3 is 0 Å². The Morgan fingerprint density at radius 2 is 2.06 bits per heavy atom. The lowest BCUT2D eigenvalue weighted by Gasteiger charge is -2.34. The van der Waals surface area contributed by atoms with Gasteiger partial charge in [-0.3, -0.25) is 9.78 Å². The molecule has 2 N–H and O–H groups in total. The van der Waals surface area contributed by atoms with Gasteiger partial charge in [-0.25, -0.2) is 14.4 Å². The number of pyridine rings is 1. The summed E-state index contributed by atoms with van der Waals surface area (Å²) in [6.45, 7) is 2.32. The van der Waals surface area contributed by atoms with Crippen LogP contribution < -0.4 is 10.6 Å². The van der Waals surface area contributed by atoms with Crippen molar-refractivity contribution in [2.24, 2.45) is 0 Å². The van der Waals surface area contributed by atoms with E-state index in [4.69, 9.17) is 4.98 Å². The maximum Gasteiger partial charge on any atom is 0.239 e. The molecule has 2 fully saturated rings. The first-order valence-electron chi connectivity index (χ1n) is 11.5. The molecule has 8 heteroatoms. The number of nitrogens with zero attached hydrogens (tertiary/aromatic N) is 4. The summed E-state index contributed by atoms with van der Waals surface area (Å²) in [5.74, 6) is 1.13. The second-order valence-corrected chi connectivity index (χ2v) is 8.65. The van der Waals surface area contributed by atoms with E-state index in [-0.39, 0.29) is 23.7 Å². The monoisotopic (exact) mass is 446 g/mol. The van der Waals surface area contributed by atoms with Crippen LogP contribution in [0.4, 0.5) is 15.9 Å². The highest BCUT2D eigenvalue weighted by Gasteiger charge is 2.31. The molecule has 2 aliphatic heterocycles. The van der Waals surface area contributed by atoms with Crippen LogP contribution in [0.3, 0.4) is 0 Å². The molecule has 2 saturated heterocycles. The summed E-state index contributed by atoms with van der Waals surface area (Å²) in [4.78, 5) is 28.7. The molecular formula is C25H27FN6O. The number of hydrogen-bond acceptors (Lipinski definition) is 6. The van der Waals surface area contributed by atoms with Crippen LogP contribution in [-0.2, 0) is 4.79 Å². The summed E-state index contributed by atoms with van der Waals surface area (Å²) in [7, 11) is 0. The molecule has 4 heterocycles. The topological polar surface area (TPSA) is 83.0 Å². The van der Waals surface area contributed by atoms with Crippen molar-refractivity contribution in [3.05, 3.63) is 66.4 Å². The van der Waals surface area contributed by atoms with Crippen LogP contribution in [0.1, 0.15) is 37.3 Å². The van der Waals surface area contributed by atoms with Crippen molar-refractivity contribution < 1.29 is 9.18 Å². The van der Waals surface area contributed by atoms with Gasteiger partial charge in [-0.05, 0) is 62.6 Å². The molecule has 7 nitrogen and oxygen atoms in total. The second-order valence-electron chi connectivity index (χ2n) is 8.65. The van der Waals surface area contributed by atoms with Crippen molar-refractivity contribution in [3.8, 4) is 11.4 Å². The number of benzene rings is 1. The highest BCUT2D eigenvalue weighted by molar-refractivity contribution is 5.82. The van der Waals surface area contributed by atoms with Gasteiger partial charge in [0, 0.05) is 48.7 Å². The Morgan fingerprint density at radius 1 is 1.12 bits per heavy atom. The smallest absolute Gasteiger partial charge is 0.239 e. The number of aromatic nitrogens is 3. The minimum absolute atomic E-state index is 0.0645. The molecule has 170 valence electrons. The Morgan fingerprint density at radius 3 is 2.85 bits per heavy atom. The molecule has 0 radical (unpaired) electrons. The molecule has 1 amide bonds. The Labute approximate surface area is 192 Å². The first-order valence-corrected chi connectivity index (χ1v) is 11.5. The second kappa shape index (κ2) is 9.62. The van der Waals surface area contributed by atoms with E-state index in [1.807, 2.05) is 23.1 Å². The predicted molar refractivity (Wildman–Crippen MR) is 125 cm³/mol. The maximum atomic E-state index is 13.7. The summed E-state index contributed by atoms with van der Waals surface area (Å²) < 4.78 is 13.7. The molecule has 0 saturated carbocycles. The Balaban J connectivity index is 1.44. The molecule has 5 rings (SSSR count). The van der Waals surface area contributed by atoms with E-state index in [0.29, 0.717) is 23.9 Å². The maximum absolute atomic E-state index is 13.7. The van der Waals surface area contributed by atoms with E-state index in [2.05, 4.69) is 20.6 Å². The largest absolute Gasteiger partial charge is 0.341 e. The SMILES string of the molecule is O=C(C1CCCN1)N1CCCC(c2cc(Nc3cccc(F)c3)nc(-c3cccnc3)n2)C1. The zero-order chi connectivity index (χ0) is 22.6. The number of likely N-dealkylation sites (tertiary alicyclic amines) is 1. The molecule has 1 aromatic carbocycles. The number of carbonyl (C=O) groups excluding carboxylic acids is 1. The van der Waals surface area contributed by atoms with Crippen molar-refractivity contribution in [1.82, 2.24) is 25.2 Å². The number of amides is 1. The summed E-state index contributed by atoms with van der Waals surface area (Å²) >= 11 is 0. The van der Waals surface area contributed by atoms with Crippen LogP contribution in [0.25, 0.3) is 11.4 Å². The highest BCUT2D eigenvalue weighted by atomic mass is 19.1. The molecule has 2 unspecified atom stereocenters. The Kier molecular flexibility index (Phi) is 6.26. The Hall–Kier alpha value is -3.39. The third kappa shape index (κ3) is 5.01. The summed E-state index contributed by atoms with van der Waals surface area (Å²) in [5, 5.41) is 6.53. The number of rotatable bonds is 5. The quantitative estimate of drug-likeness (QED) is 0.619. The molecule has 2 atom stereocenters. The van der Waals surface area contributed by atoms with Crippen molar-refractivity contribution >= 4 is 17.4 Å². The zero-order valence-electron chi connectivity index (χ0n) is 18.4. The number of halogens is 1. The normalized spacial score (nSPS) is 20.6. The van der Waals surface area contributed by atoms with Crippen LogP contribution in [0, 0.1) is 5.82 Å². The lowest BCUT2D eigenvalue weighted by Crippen LogP contribution is -2.47. The van der Waals surface area contributed by atoms with Gasteiger partial charge < -0.3 is 15.5 Å². The summed E-state index contributed by atoms with van der Waals surface area (Å²) in [6, 6.07) is 11.9. The first-order chi connectivity index (χ1) is 16.2. The number of anilines is 2. The van der Waals surface area contributed by atoms with Crippen LogP contribution in [0.2, 0.25) is 0 Å². The van der Waals surface area contributed by atoms with E-state index in [0.717, 1.165) is 50.0 Å². The van der Waals surface area contributed by atoms with Crippen molar-refractivity contribution in [1.29, 1.82) is 0 Å². The number of nitrogens with one attached hydrogen (secondary N) is 2. The number of piperidine rings is 1. The van der Waals surface area contributed by atoms with Gasteiger partial charge in [0.15, 0.2) is 5.82 Å². The molecule has 3 aromatic rings. The third-order valence-corrected chi connectivity index (χ3v) is 6.27. The van der Waals surface area contributed by atoms with Gasteiger partial charge in [0.05, 0.1) is 11.7 Å². The molecule has 2 aliphatic rings. The van der Waals surface area contributed by atoms with Gasteiger partial charge in [0.25, 0.3) is 0 Å². The van der Waals surface area contributed by atoms with Crippen molar-refractivity contribution in [2.45, 2.75) is 37.6 Å². The molecule has 0 aliphatic carbocycles. The van der Waals surface area contributed by atoms with E-state index >= 15 is 0 Å². The fourth-order valence-electron chi connectivity index (χ4n) is 4.61. The molecular weight excluding hydrogens is 419 g/mol. The number of carbonyl (C=O) groups is 1. The van der Waals surface area contributed by atoms with Crippen molar-refractivity contribution in [3.63, 3.8) is 0 Å². The first kappa shape index (κ1) is 21.5. The summed E-state index contributed by atoms with van der Waals surface area (Å²) in [6.07, 6.45) is 7.27. The lowest BCUT2D eigenvalue weighted by molar-refractivity contribution is -0.134. The lowest BCUT2D eigenvalue weighted by atomic mass is 9.93. The van der Waals surface area contributed by atoms with Gasteiger partial charge in [0.1, 0.15) is 11.6 Å². The predicted octanol–water partition coefficient (Wildman–Crippen LogP) is 3.88. The van der Waals surface area contributed by atoms with Gasteiger partial charge in [-0.2, -0.15) is 0 Å². The van der Waals surface area contributed by atoms with Gasteiger partial charge in [-0.1, -0.05) is 6.07 Å². The van der Waals surface area contributed by atoms with Crippen LogP contribution in [0.15, 0.2) is 54.9 Å². The molecule has 0 bridgehead atoms. The minimum atomic E-state index is -0.316. The van der Waals surface area contributed by atoms with Crippen LogP contribution >= 0.6 is 0 Å². The molecule has 2 aromatic heterocycles. The van der Waals surface area contributed by atoms with Crippen LogP contribution in [0.5, 0.6) is 0 Å². The number of hydrogen-bond donors (Lipinski definition) is 2. The third-order valence-electron chi connectivity index (χ3n) is 6.27. The fourth-order valence-corrected chi connectivity index (χ4v) is 4.61. The van der Waals surface area contributed by atoms with E-state index in [1.165, 1.54) is 12.1 Å². The standard InChI is InChI=1S/C25H27FN6O/c26-19-7-1-8-20(13-19)29-23-14-22(30-24(31-23)17-5-2-10-27-15-17)18-6-4-12-32(16-18)25(33)21-9-3-11-28-21/h1-2,5,7-8,10,13-15,18,21,28H,3-4,6,9,11-12,16H2,(H,29,30,31). The molecule has 0 spiro atoms. The average Bonchev–Trinajstić information content (AvgIpc) is 3.39. The summed E-state index contributed by atoms with van der Waals surface area (Å²) in [5.41, 5.74) is 2.30. The van der Waals surface area contributed by atoms with E-state index in [9.17, 15) is 9.18 Å². The van der Waals surface area contributed by atoms with Gasteiger partial charge in [-0.15, -0.1) is 0 Å². The van der Waals surface area contributed by atoms with E-state index < -0.39 is 0 Å². The fraction of sp³-hybridized carbons (Fsp3) is 0.360. The van der Waals surface area contributed by atoms with E-state index in [1.54, 1.807) is 24.5 Å². The highest BCUT2D eigenvalue weighted by Crippen LogP contribution is 2.30. The van der Waals surface area contributed by atoms with Crippen LogP contribution in [-0.4, -0.2) is 51.4 Å². The molecule has 33 heavy (non-hydrogen) atoms. The Bertz CT molecular complexity index is 1120. The minimum Gasteiger partial charge on any atom is -0.341 e. The zero-order valence-corrected chi connectivity index (χ0v) is 18.4.